The second kappa shape index (κ2) is 3.30. The van der Waals surface area contributed by atoms with E-state index in [9.17, 15) is 4.79 Å². The lowest BCUT2D eigenvalue weighted by molar-refractivity contribution is -0.137. The van der Waals surface area contributed by atoms with Gasteiger partial charge in [0.05, 0.1) is 11.2 Å². The van der Waals surface area contributed by atoms with E-state index in [0.717, 1.165) is 0 Å². The molecule has 0 aliphatic heterocycles. The number of rotatable bonds is 3. The highest BCUT2D eigenvalue weighted by molar-refractivity contribution is 7.07. The van der Waals surface area contributed by atoms with Crippen molar-refractivity contribution >= 4 is 17.3 Å². The molecule has 1 aromatic heterocycles. The molecule has 58 valence electrons. The largest absolute Gasteiger partial charge is 0.481 e. The summed E-state index contributed by atoms with van der Waals surface area (Å²) in [6.07, 6.45) is 1.37. The van der Waals surface area contributed by atoms with Crippen LogP contribution in [0.3, 0.4) is 0 Å². The summed E-state index contributed by atoms with van der Waals surface area (Å²) in [4.78, 5) is 14.4. The molecule has 11 heavy (non-hydrogen) atoms. The van der Waals surface area contributed by atoms with E-state index in [-0.39, 0.29) is 0 Å². The monoisotopic (exact) mass is 169 g/mol. The third-order valence-corrected chi connectivity index (χ3v) is 1.88. The van der Waals surface area contributed by atoms with E-state index in [2.05, 4.69) is 11.6 Å². The Morgan fingerprint density at radius 2 is 2.64 bits per heavy atom. The number of aliphatic carboxylic acids is 1. The maximum atomic E-state index is 10.5. The Hall–Kier alpha value is -1.16. The van der Waals surface area contributed by atoms with Crippen LogP contribution >= 0.6 is 11.3 Å². The Labute approximate surface area is 68.0 Å². The van der Waals surface area contributed by atoms with Crippen molar-refractivity contribution in [3.8, 4) is 0 Å². The average molecular weight is 169 g/mol. The molecule has 0 spiro atoms. The van der Waals surface area contributed by atoms with E-state index in [4.69, 9.17) is 5.11 Å². The van der Waals surface area contributed by atoms with Crippen LogP contribution < -0.4 is 0 Å². The molecule has 3 nitrogen and oxygen atoms in total. The predicted octanol–water partition coefficient (Wildman–Crippen LogP) is 1.50. The van der Waals surface area contributed by atoms with Crippen LogP contribution in [-0.4, -0.2) is 16.1 Å². The van der Waals surface area contributed by atoms with Crippen LogP contribution in [0.15, 0.2) is 23.5 Å². The van der Waals surface area contributed by atoms with Gasteiger partial charge < -0.3 is 5.11 Å². The molecule has 0 amide bonds. The van der Waals surface area contributed by atoms with Gasteiger partial charge in [-0.3, -0.25) is 4.79 Å². The second-order valence-electron chi connectivity index (χ2n) is 1.96. The van der Waals surface area contributed by atoms with Gasteiger partial charge >= 0.3 is 5.97 Å². The first-order valence-electron chi connectivity index (χ1n) is 2.99. The predicted molar refractivity (Wildman–Crippen MR) is 42.7 cm³/mol. The summed E-state index contributed by atoms with van der Waals surface area (Å²) in [5, 5.41) is 10.3. The smallest absolute Gasteiger partial charge is 0.316 e. The number of nitrogens with zero attached hydrogens (tertiary/aromatic N) is 1. The minimum absolute atomic E-state index is 0.553. The molecule has 0 saturated carbocycles. The second-order valence-corrected chi connectivity index (χ2v) is 2.68. The molecule has 0 aliphatic carbocycles. The van der Waals surface area contributed by atoms with Crippen LogP contribution in [0.2, 0.25) is 0 Å². The fraction of sp³-hybridized carbons (Fsp3) is 0.143. The van der Waals surface area contributed by atoms with Gasteiger partial charge in [0.2, 0.25) is 0 Å². The molecule has 1 atom stereocenters. The molecule has 0 fully saturated rings. The lowest BCUT2D eigenvalue weighted by Gasteiger charge is -2.00. The van der Waals surface area contributed by atoms with Crippen LogP contribution in [0.5, 0.6) is 0 Å². The molecule has 0 aliphatic rings. The van der Waals surface area contributed by atoms with Gasteiger partial charge in [-0.2, -0.15) is 0 Å². The summed E-state index contributed by atoms with van der Waals surface area (Å²) in [6, 6.07) is 0. The van der Waals surface area contributed by atoms with Gasteiger partial charge in [-0.15, -0.1) is 17.9 Å². The maximum absolute atomic E-state index is 10.5. The molecular formula is C7H7NO2S. The summed E-state index contributed by atoms with van der Waals surface area (Å²) in [7, 11) is 0. The van der Waals surface area contributed by atoms with Gasteiger partial charge in [-0.25, -0.2) is 4.98 Å². The Morgan fingerprint density at radius 1 is 1.91 bits per heavy atom. The first-order valence-corrected chi connectivity index (χ1v) is 3.93. The minimum Gasteiger partial charge on any atom is -0.481 e. The topological polar surface area (TPSA) is 50.2 Å². The van der Waals surface area contributed by atoms with Gasteiger partial charge in [-0.1, -0.05) is 6.08 Å². The molecular weight excluding hydrogens is 162 g/mol. The average Bonchev–Trinajstić information content (AvgIpc) is 2.40. The first-order chi connectivity index (χ1) is 5.25. The number of thiazole rings is 1. The highest BCUT2D eigenvalue weighted by Crippen LogP contribution is 2.16. The quantitative estimate of drug-likeness (QED) is 0.697. The van der Waals surface area contributed by atoms with Crippen LogP contribution in [0, 0.1) is 0 Å². The Balaban J connectivity index is 2.88. The normalized spacial score (nSPS) is 12.4. The zero-order valence-corrected chi connectivity index (χ0v) is 6.54. The molecule has 1 heterocycles. The number of hydrogen-bond acceptors (Lipinski definition) is 3. The van der Waals surface area contributed by atoms with Gasteiger partial charge in [0.1, 0.15) is 5.92 Å². The van der Waals surface area contributed by atoms with E-state index in [0.29, 0.717) is 5.69 Å². The number of carboxylic acid groups (broad SMARTS) is 1. The van der Waals surface area contributed by atoms with Crippen LogP contribution in [-0.2, 0) is 4.79 Å². The number of aromatic nitrogens is 1. The van der Waals surface area contributed by atoms with Crippen LogP contribution in [0.4, 0.5) is 0 Å². The van der Waals surface area contributed by atoms with E-state index < -0.39 is 11.9 Å². The molecule has 1 aromatic rings. The molecule has 0 bridgehead atoms. The van der Waals surface area contributed by atoms with Gasteiger partial charge in [0.15, 0.2) is 0 Å². The fourth-order valence-electron chi connectivity index (χ4n) is 0.724. The van der Waals surface area contributed by atoms with Crippen molar-refractivity contribution < 1.29 is 9.90 Å². The van der Waals surface area contributed by atoms with Crippen LogP contribution in [0.1, 0.15) is 11.6 Å². The summed E-state index contributed by atoms with van der Waals surface area (Å²) in [5.41, 5.74) is 2.16. The SMILES string of the molecule is C=CC(C(=O)O)c1cscn1. The molecule has 1 rings (SSSR count). The van der Waals surface area contributed by atoms with Crippen LogP contribution in [0.25, 0.3) is 0 Å². The van der Waals surface area contributed by atoms with E-state index >= 15 is 0 Å². The van der Waals surface area contributed by atoms with Crippen molar-refractivity contribution in [3.63, 3.8) is 0 Å². The fourth-order valence-corrected chi connectivity index (χ4v) is 1.31. The lowest BCUT2D eigenvalue weighted by Crippen LogP contribution is -2.08. The third-order valence-electron chi connectivity index (χ3n) is 1.27. The summed E-state index contributed by atoms with van der Waals surface area (Å²) in [5.74, 6) is -1.58. The summed E-state index contributed by atoms with van der Waals surface area (Å²) in [6.45, 7) is 3.42. The molecule has 1 unspecified atom stereocenters. The van der Waals surface area contributed by atoms with Crippen molar-refractivity contribution in [2.24, 2.45) is 0 Å². The van der Waals surface area contributed by atoms with E-state index in [1.54, 1.807) is 10.9 Å². The molecule has 0 radical (unpaired) electrons. The molecule has 4 heteroatoms. The molecule has 1 N–H and O–H groups in total. The zero-order chi connectivity index (χ0) is 8.27. The Morgan fingerprint density at radius 3 is 3.00 bits per heavy atom. The number of hydrogen-bond donors (Lipinski definition) is 1. The van der Waals surface area contributed by atoms with Crippen molar-refractivity contribution in [1.29, 1.82) is 0 Å². The van der Waals surface area contributed by atoms with Crippen molar-refractivity contribution in [2.45, 2.75) is 5.92 Å². The van der Waals surface area contributed by atoms with Gasteiger partial charge in [-0.05, 0) is 0 Å². The standard InChI is InChI=1S/C7H7NO2S/c1-2-5(7(9)10)6-3-11-4-8-6/h2-5H,1H2,(H,9,10). The Kier molecular flexibility index (Phi) is 2.38. The number of carboxylic acids is 1. The van der Waals surface area contributed by atoms with Gasteiger partial charge in [0, 0.05) is 5.38 Å². The Bertz CT molecular complexity index is 255. The van der Waals surface area contributed by atoms with Crippen molar-refractivity contribution in [3.05, 3.63) is 29.2 Å². The summed E-state index contributed by atoms with van der Waals surface area (Å²) >= 11 is 1.38. The molecule has 0 saturated heterocycles. The highest BCUT2D eigenvalue weighted by Gasteiger charge is 2.16. The van der Waals surface area contributed by atoms with Crippen molar-refractivity contribution in [1.82, 2.24) is 4.98 Å². The summed E-state index contributed by atoms with van der Waals surface area (Å²) < 4.78 is 0. The maximum Gasteiger partial charge on any atom is 0.316 e. The molecule has 0 aromatic carbocycles. The van der Waals surface area contributed by atoms with Crippen molar-refractivity contribution in [2.75, 3.05) is 0 Å². The zero-order valence-electron chi connectivity index (χ0n) is 5.73. The lowest BCUT2D eigenvalue weighted by atomic mass is 10.1. The third kappa shape index (κ3) is 1.65. The first kappa shape index (κ1) is 7.94. The van der Waals surface area contributed by atoms with E-state index in [1.165, 1.54) is 17.4 Å². The van der Waals surface area contributed by atoms with E-state index in [1.807, 2.05) is 0 Å². The highest BCUT2D eigenvalue weighted by atomic mass is 32.1. The van der Waals surface area contributed by atoms with Gasteiger partial charge in [0.25, 0.3) is 0 Å². The minimum atomic E-state index is -0.911. The number of carbonyl (C=O) groups is 1.